The number of carbonyl (C=O) groups is 1. The van der Waals surface area contributed by atoms with Crippen molar-refractivity contribution in [3.05, 3.63) is 46.7 Å². The van der Waals surface area contributed by atoms with E-state index in [1.807, 2.05) is 6.92 Å². The van der Waals surface area contributed by atoms with Crippen molar-refractivity contribution < 1.29 is 18.3 Å². The monoisotopic (exact) mass is 446 g/mol. The summed E-state index contributed by atoms with van der Waals surface area (Å²) in [6.07, 6.45) is 3.30. The zero-order valence-electron chi connectivity index (χ0n) is 17.7. The SMILES string of the molecule is CC(=O)Nc1cc(-c2cn(C)c(=O)c3cc(CN4CCS(O)(O)CC4C)oc23)ccn1. The van der Waals surface area contributed by atoms with E-state index in [-0.39, 0.29) is 17.5 Å². The second-order valence-electron chi connectivity index (χ2n) is 8.02. The Hall–Kier alpha value is -2.66. The number of nitrogens with one attached hydrogen (secondary N) is 1. The molecular weight excluding hydrogens is 420 g/mol. The lowest BCUT2D eigenvalue weighted by atomic mass is 10.1. The molecule has 3 aromatic heterocycles. The zero-order valence-corrected chi connectivity index (χ0v) is 18.5. The van der Waals surface area contributed by atoms with Gasteiger partial charge in [-0.25, -0.2) is 4.98 Å². The molecule has 1 aliphatic heterocycles. The first-order chi connectivity index (χ1) is 14.6. The van der Waals surface area contributed by atoms with E-state index in [0.29, 0.717) is 47.1 Å². The van der Waals surface area contributed by atoms with Gasteiger partial charge in [-0.05, 0) is 30.7 Å². The average Bonchev–Trinajstić information content (AvgIpc) is 3.10. The molecule has 166 valence electrons. The van der Waals surface area contributed by atoms with Crippen LogP contribution in [0.5, 0.6) is 0 Å². The summed E-state index contributed by atoms with van der Waals surface area (Å²) >= 11 is 0. The van der Waals surface area contributed by atoms with Gasteiger partial charge in [0.25, 0.3) is 5.56 Å². The second-order valence-corrected chi connectivity index (χ2v) is 10.4. The number of fused-ring (bicyclic) bond motifs is 1. The van der Waals surface area contributed by atoms with E-state index in [1.165, 1.54) is 11.5 Å². The van der Waals surface area contributed by atoms with E-state index < -0.39 is 10.6 Å². The maximum atomic E-state index is 12.7. The van der Waals surface area contributed by atoms with Gasteiger partial charge in [0, 0.05) is 44.5 Å². The lowest BCUT2D eigenvalue weighted by molar-refractivity contribution is -0.114. The molecule has 4 rings (SSSR count). The predicted octanol–water partition coefficient (Wildman–Crippen LogP) is 3.11. The van der Waals surface area contributed by atoms with Gasteiger partial charge in [0.05, 0.1) is 23.4 Å². The number of hydrogen-bond donors (Lipinski definition) is 3. The van der Waals surface area contributed by atoms with E-state index in [2.05, 4.69) is 15.2 Å². The van der Waals surface area contributed by atoms with Gasteiger partial charge in [0.2, 0.25) is 5.91 Å². The fraction of sp³-hybridized carbons (Fsp3) is 0.381. The highest BCUT2D eigenvalue weighted by atomic mass is 32.3. The smallest absolute Gasteiger partial charge is 0.261 e. The fourth-order valence-corrected chi connectivity index (χ4v) is 5.60. The van der Waals surface area contributed by atoms with Crippen LogP contribution < -0.4 is 10.9 Å². The van der Waals surface area contributed by atoms with Crippen LogP contribution in [0.4, 0.5) is 5.82 Å². The third kappa shape index (κ3) is 4.52. The molecule has 1 fully saturated rings. The summed E-state index contributed by atoms with van der Waals surface area (Å²) in [5.74, 6) is 1.51. The minimum Gasteiger partial charge on any atom is -0.459 e. The molecular formula is C21H26N4O5S. The quantitative estimate of drug-likeness (QED) is 0.563. The highest BCUT2D eigenvalue weighted by molar-refractivity contribution is 8.24. The first kappa shape index (κ1) is 21.6. The molecule has 1 atom stereocenters. The van der Waals surface area contributed by atoms with Crippen molar-refractivity contribution >= 4 is 33.3 Å². The van der Waals surface area contributed by atoms with E-state index >= 15 is 0 Å². The maximum absolute atomic E-state index is 12.7. The van der Waals surface area contributed by atoms with E-state index in [1.54, 1.807) is 37.6 Å². The van der Waals surface area contributed by atoms with Crippen LogP contribution >= 0.6 is 10.6 Å². The van der Waals surface area contributed by atoms with E-state index in [9.17, 15) is 18.7 Å². The molecule has 0 bridgehead atoms. The van der Waals surface area contributed by atoms with Gasteiger partial charge in [-0.1, -0.05) is 0 Å². The number of anilines is 1. The summed E-state index contributed by atoms with van der Waals surface area (Å²) in [5.41, 5.74) is 1.80. The number of hydrogen-bond acceptors (Lipinski definition) is 7. The van der Waals surface area contributed by atoms with Crippen LogP contribution in [0.3, 0.4) is 0 Å². The van der Waals surface area contributed by atoms with E-state index in [4.69, 9.17) is 4.42 Å². The summed E-state index contributed by atoms with van der Waals surface area (Å²) in [6.45, 7) is 4.40. The molecule has 0 aliphatic carbocycles. The van der Waals surface area contributed by atoms with Crippen LogP contribution in [-0.2, 0) is 18.4 Å². The molecule has 4 heterocycles. The topological polar surface area (TPSA) is 121 Å². The van der Waals surface area contributed by atoms with Crippen LogP contribution in [0.1, 0.15) is 19.6 Å². The molecule has 0 saturated carbocycles. The Morgan fingerprint density at radius 3 is 2.87 bits per heavy atom. The molecule has 3 aromatic rings. The third-order valence-corrected chi connectivity index (χ3v) is 7.32. The van der Waals surface area contributed by atoms with Gasteiger partial charge in [-0.15, -0.1) is 0 Å². The normalized spacial score (nSPS) is 20.0. The Morgan fingerprint density at radius 1 is 1.39 bits per heavy atom. The van der Waals surface area contributed by atoms with Crippen molar-refractivity contribution in [3.8, 4) is 11.1 Å². The van der Waals surface area contributed by atoms with Crippen molar-refractivity contribution in [3.63, 3.8) is 0 Å². The summed E-state index contributed by atoms with van der Waals surface area (Å²) in [4.78, 5) is 30.4. The number of carbonyl (C=O) groups excluding carboxylic acids is 1. The molecule has 1 amide bonds. The van der Waals surface area contributed by atoms with Crippen molar-refractivity contribution in [2.75, 3.05) is 23.4 Å². The number of rotatable bonds is 4. The fourth-order valence-electron chi connectivity index (χ4n) is 3.93. The molecule has 1 aliphatic rings. The highest BCUT2D eigenvalue weighted by Crippen LogP contribution is 2.43. The molecule has 0 aromatic carbocycles. The van der Waals surface area contributed by atoms with Crippen molar-refractivity contribution in [1.82, 2.24) is 14.5 Å². The van der Waals surface area contributed by atoms with Crippen molar-refractivity contribution in [2.24, 2.45) is 7.05 Å². The molecule has 1 saturated heterocycles. The highest BCUT2D eigenvalue weighted by Gasteiger charge is 2.29. The summed E-state index contributed by atoms with van der Waals surface area (Å²) in [7, 11) is -0.825. The lowest BCUT2D eigenvalue weighted by Crippen LogP contribution is -2.44. The Labute approximate surface area is 181 Å². The third-order valence-electron chi connectivity index (χ3n) is 5.47. The lowest BCUT2D eigenvalue weighted by Gasteiger charge is -2.44. The van der Waals surface area contributed by atoms with Crippen molar-refractivity contribution in [1.29, 1.82) is 0 Å². The van der Waals surface area contributed by atoms with Crippen LogP contribution in [0.2, 0.25) is 0 Å². The van der Waals surface area contributed by atoms with Crippen molar-refractivity contribution in [2.45, 2.75) is 26.4 Å². The number of pyridine rings is 2. The van der Waals surface area contributed by atoms with Gasteiger partial charge < -0.3 is 14.3 Å². The van der Waals surface area contributed by atoms with Crippen LogP contribution in [0, 0.1) is 0 Å². The minimum absolute atomic E-state index is 0.00493. The molecule has 10 heteroatoms. The molecule has 1 unspecified atom stereocenters. The van der Waals surface area contributed by atoms with Crippen LogP contribution in [0.15, 0.2) is 39.8 Å². The second kappa shape index (κ2) is 8.12. The maximum Gasteiger partial charge on any atom is 0.261 e. The number of nitrogens with zero attached hydrogens (tertiary/aromatic N) is 3. The van der Waals surface area contributed by atoms with Gasteiger partial charge in [0.15, 0.2) is 0 Å². The Morgan fingerprint density at radius 2 is 2.16 bits per heavy atom. The van der Waals surface area contributed by atoms with E-state index in [0.717, 1.165) is 11.1 Å². The van der Waals surface area contributed by atoms with Crippen LogP contribution in [0.25, 0.3) is 22.1 Å². The largest absolute Gasteiger partial charge is 0.459 e. The molecule has 3 N–H and O–H groups in total. The molecule has 31 heavy (non-hydrogen) atoms. The first-order valence-corrected chi connectivity index (χ1v) is 11.9. The standard InChI is InChI=1S/C21H26N4O5S/c1-13-12-31(28,29)7-6-25(13)10-16-9-17-20(30-16)18(11-24(3)21(17)27)15-4-5-22-19(8-15)23-14(2)26/h4-5,8-9,11,13,28-29H,6-7,10,12H2,1-3H3,(H,22,23,26). The summed E-state index contributed by atoms with van der Waals surface area (Å²) in [5, 5.41) is 3.14. The van der Waals surface area contributed by atoms with Gasteiger partial charge in [-0.3, -0.25) is 23.6 Å². The molecule has 9 nitrogen and oxygen atoms in total. The van der Waals surface area contributed by atoms with Gasteiger partial charge in [-0.2, -0.15) is 10.6 Å². The number of furan rings is 1. The average molecular weight is 447 g/mol. The Balaban J connectivity index is 1.72. The Kier molecular flexibility index (Phi) is 5.65. The molecule has 0 radical (unpaired) electrons. The zero-order chi connectivity index (χ0) is 22.3. The minimum atomic E-state index is -2.51. The summed E-state index contributed by atoms with van der Waals surface area (Å²) in [6, 6.07) is 5.29. The summed E-state index contributed by atoms with van der Waals surface area (Å²) < 4.78 is 27.6. The van der Waals surface area contributed by atoms with Gasteiger partial charge >= 0.3 is 0 Å². The number of aromatic nitrogens is 2. The predicted molar refractivity (Wildman–Crippen MR) is 121 cm³/mol. The number of aryl methyl sites for hydroxylation is 1. The van der Waals surface area contributed by atoms with Gasteiger partial charge in [0.1, 0.15) is 17.2 Å². The number of amides is 1. The molecule has 0 spiro atoms. The Bertz CT molecular complexity index is 1200. The van der Waals surface area contributed by atoms with Crippen LogP contribution in [-0.4, -0.2) is 53.6 Å². The first-order valence-electron chi connectivity index (χ1n) is 9.97.